The Hall–Kier alpha value is -0.330. The summed E-state index contributed by atoms with van der Waals surface area (Å²) in [6.07, 6.45) is 2.84. The molecule has 2 rings (SSSR count). The zero-order chi connectivity index (χ0) is 14.8. The minimum absolute atomic E-state index is 0.0559. The van der Waals surface area contributed by atoms with Crippen LogP contribution in [0.3, 0.4) is 0 Å². The molecular formula is C13H18Cl2N2O2S. The second-order valence-electron chi connectivity index (χ2n) is 5.19. The van der Waals surface area contributed by atoms with Gasteiger partial charge in [0.25, 0.3) is 0 Å². The van der Waals surface area contributed by atoms with Crippen molar-refractivity contribution in [2.24, 2.45) is 11.7 Å². The third-order valence-electron chi connectivity index (χ3n) is 3.57. The first-order valence-corrected chi connectivity index (χ1v) is 8.95. The molecule has 0 aliphatic heterocycles. The van der Waals surface area contributed by atoms with Crippen molar-refractivity contribution in [3.63, 3.8) is 0 Å². The van der Waals surface area contributed by atoms with Crippen molar-refractivity contribution >= 4 is 33.2 Å². The molecule has 7 heteroatoms. The largest absolute Gasteiger partial charge is 0.330 e. The summed E-state index contributed by atoms with van der Waals surface area (Å²) in [6, 6.07) is 4.75. The van der Waals surface area contributed by atoms with Crippen molar-refractivity contribution < 1.29 is 8.42 Å². The van der Waals surface area contributed by atoms with Crippen molar-refractivity contribution in [3.05, 3.63) is 33.8 Å². The van der Waals surface area contributed by atoms with E-state index in [1.807, 2.05) is 0 Å². The minimum atomic E-state index is -3.42. The SMILES string of the molecule is NCC1CCCC1NS(=O)(=O)Cc1cc(Cl)cc(Cl)c1. The standard InChI is InChI=1S/C13H18Cl2N2O2S/c14-11-4-9(5-12(15)6-11)8-20(18,19)17-13-3-1-2-10(13)7-16/h4-6,10,13,17H,1-3,7-8,16H2. The van der Waals surface area contributed by atoms with E-state index in [0.717, 1.165) is 19.3 Å². The van der Waals surface area contributed by atoms with E-state index in [1.165, 1.54) is 0 Å². The summed E-state index contributed by atoms with van der Waals surface area (Å²) in [5.74, 6) is 0.105. The number of hydrogen-bond acceptors (Lipinski definition) is 3. The molecule has 0 aromatic heterocycles. The van der Waals surface area contributed by atoms with Gasteiger partial charge in [-0.1, -0.05) is 29.6 Å². The molecule has 3 N–H and O–H groups in total. The van der Waals surface area contributed by atoms with E-state index in [-0.39, 0.29) is 17.7 Å². The van der Waals surface area contributed by atoms with Crippen LogP contribution in [-0.4, -0.2) is 21.0 Å². The molecule has 112 valence electrons. The quantitative estimate of drug-likeness (QED) is 0.867. The first kappa shape index (κ1) is 16.0. The van der Waals surface area contributed by atoms with E-state index < -0.39 is 10.0 Å². The normalized spacial score (nSPS) is 23.1. The van der Waals surface area contributed by atoms with Gasteiger partial charge >= 0.3 is 0 Å². The molecule has 2 atom stereocenters. The Morgan fingerprint density at radius 2 is 1.85 bits per heavy atom. The average Bonchev–Trinajstić information content (AvgIpc) is 2.72. The molecule has 0 spiro atoms. The van der Waals surface area contributed by atoms with Gasteiger partial charge in [0.2, 0.25) is 10.0 Å². The average molecular weight is 337 g/mol. The molecule has 1 aliphatic carbocycles. The van der Waals surface area contributed by atoms with E-state index >= 15 is 0 Å². The Balaban J connectivity index is 2.07. The maximum absolute atomic E-state index is 12.2. The van der Waals surface area contributed by atoms with Gasteiger partial charge in [-0.15, -0.1) is 0 Å². The van der Waals surface area contributed by atoms with E-state index in [4.69, 9.17) is 28.9 Å². The molecule has 4 nitrogen and oxygen atoms in total. The number of nitrogens with one attached hydrogen (secondary N) is 1. The number of sulfonamides is 1. The Morgan fingerprint density at radius 1 is 1.20 bits per heavy atom. The van der Waals surface area contributed by atoms with E-state index in [2.05, 4.69) is 4.72 Å². The van der Waals surface area contributed by atoms with Crippen molar-refractivity contribution in [1.82, 2.24) is 4.72 Å². The molecule has 0 bridgehead atoms. The Morgan fingerprint density at radius 3 is 2.45 bits per heavy atom. The fraction of sp³-hybridized carbons (Fsp3) is 0.538. The Labute approximate surface area is 129 Å². The third kappa shape index (κ3) is 4.33. The zero-order valence-corrected chi connectivity index (χ0v) is 13.3. The lowest BCUT2D eigenvalue weighted by molar-refractivity contribution is 0.452. The molecule has 2 unspecified atom stereocenters. The lowest BCUT2D eigenvalue weighted by atomic mass is 10.1. The molecule has 20 heavy (non-hydrogen) atoms. The molecule has 0 heterocycles. The van der Waals surface area contributed by atoms with Gasteiger partial charge in [-0.05, 0) is 49.1 Å². The summed E-state index contributed by atoms with van der Waals surface area (Å²) < 4.78 is 27.2. The van der Waals surface area contributed by atoms with Crippen molar-refractivity contribution in [3.8, 4) is 0 Å². The lowest BCUT2D eigenvalue weighted by Crippen LogP contribution is -2.40. The summed E-state index contributed by atoms with van der Waals surface area (Å²) in [7, 11) is -3.42. The predicted octanol–water partition coefficient (Wildman–Crippen LogP) is 2.54. The highest BCUT2D eigenvalue weighted by Gasteiger charge is 2.29. The number of nitrogens with two attached hydrogens (primary N) is 1. The van der Waals surface area contributed by atoms with Crippen LogP contribution in [0.25, 0.3) is 0 Å². The van der Waals surface area contributed by atoms with Gasteiger partial charge in [0.15, 0.2) is 0 Å². The molecule has 0 radical (unpaired) electrons. The van der Waals surface area contributed by atoms with Gasteiger partial charge in [-0.25, -0.2) is 13.1 Å². The van der Waals surface area contributed by atoms with Gasteiger partial charge in [-0.3, -0.25) is 0 Å². The molecular weight excluding hydrogens is 319 g/mol. The van der Waals surface area contributed by atoms with Crippen LogP contribution in [-0.2, 0) is 15.8 Å². The van der Waals surface area contributed by atoms with Crippen molar-refractivity contribution in [2.75, 3.05) is 6.54 Å². The number of halogens is 2. The second kappa shape index (κ2) is 6.62. The fourth-order valence-corrected chi connectivity index (χ4v) is 4.69. The van der Waals surface area contributed by atoms with Crippen molar-refractivity contribution in [1.29, 1.82) is 0 Å². The van der Waals surface area contributed by atoms with Gasteiger partial charge in [0.1, 0.15) is 0 Å². The predicted molar refractivity (Wildman–Crippen MR) is 82.4 cm³/mol. The van der Waals surface area contributed by atoms with E-state index in [1.54, 1.807) is 18.2 Å². The van der Waals surface area contributed by atoms with Crippen LogP contribution >= 0.6 is 23.2 Å². The fourth-order valence-electron chi connectivity index (χ4n) is 2.66. The highest BCUT2D eigenvalue weighted by atomic mass is 35.5. The molecule has 1 aromatic rings. The summed E-state index contributed by atoms with van der Waals surface area (Å²) in [5.41, 5.74) is 6.25. The van der Waals surface area contributed by atoms with E-state index in [0.29, 0.717) is 22.2 Å². The topological polar surface area (TPSA) is 72.2 Å². The zero-order valence-electron chi connectivity index (χ0n) is 11.0. The number of hydrogen-bond donors (Lipinski definition) is 2. The molecule has 1 aliphatic rings. The molecule has 0 saturated heterocycles. The van der Waals surface area contributed by atoms with Crippen LogP contribution in [0.15, 0.2) is 18.2 Å². The van der Waals surface area contributed by atoms with Crippen LogP contribution in [0.5, 0.6) is 0 Å². The first-order valence-electron chi connectivity index (χ1n) is 6.54. The smallest absolute Gasteiger partial charge is 0.216 e. The molecule has 0 amide bonds. The van der Waals surface area contributed by atoms with Gasteiger partial charge in [-0.2, -0.15) is 0 Å². The van der Waals surface area contributed by atoms with Gasteiger partial charge < -0.3 is 5.73 Å². The molecule has 1 saturated carbocycles. The highest BCUT2D eigenvalue weighted by molar-refractivity contribution is 7.88. The summed E-state index contributed by atoms with van der Waals surface area (Å²) in [4.78, 5) is 0. The third-order valence-corrected chi connectivity index (χ3v) is 5.38. The summed E-state index contributed by atoms with van der Waals surface area (Å²) >= 11 is 11.8. The van der Waals surface area contributed by atoms with Crippen LogP contribution in [0.1, 0.15) is 24.8 Å². The maximum Gasteiger partial charge on any atom is 0.216 e. The second-order valence-corrected chi connectivity index (χ2v) is 7.81. The van der Waals surface area contributed by atoms with Crippen LogP contribution in [0.4, 0.5) is 0 Å². The Kier molecular flexibility index (Phi) is 5.31. The summed E-state index contributed by atoms with van der Waals surface area (Å²) in [6.45, 7) is 0.510. The lowest BCUT2D eigenvalue weighted by Gasteiger charge is -2.19. The molecule has 1 fully saturated rings. The Bertz CT molecular complexity index is 557. The van der Waals surface area contributed by atoms with Crippen molar-refractivity contribution in [2.45, 2.75) is 31.1 Å². The maximum atomic E-state index is 12.2. The van der Waals surface area contributed by atoms with Crippen LogP contribution in [0.2, 0.25) is 10.0 Å². The van der Waals surface area contributed by atoms with E-state index in [9.17, 15) is 8.42 Å². The highest BCUT2D eigenvalue weighted by Crippen LogP contribution is 2.26. The summed E-state index contributed by atoms with van der Waals surface area (Å²) in [5, 5.41) is 0.867. The minimum Gasteiger partial charge on any atom is -0.330 e. The number of rotatable bonds is 5. The number of benzene rings is 1. The molecule has 1 aromatic carbocycles. The first-order chi connectivity index (χ1) is 9.39. The monoisotopic (exact) mass is 336 g/mol. The van der Waals surface area contributed by atoms with Crippen LogP contribution < -0.4 is 10.5 Å². The van der Waals surface area contributed by atoms with Gasteiger partial charge in [0.05, 0.1) is 5.75 Å². The van der Waals surface area contributed by atoms with Gasteiger partial charge in [0, 0.05) is 16.1 Å². The van der Waals surface area contributed by atoms with Crippen LogP contribution in [0, 0.1) is 5.92 Å².